The Balaban J connectivity index is 0.856. The number of nitrogens with two attached hydrogens (primary N) is 1. The average molecular weight is 1380 g/mol. The number of rotatable bonds is 11. The summed E-state index contributed by atoms with van der Waals surface area (Å²) in [6.07, 6.45) is -2.78. The lowest BCUT2D eigenvalue weighted by Crippen LogP contribution is -2.51. The highest BCUT2D eigenvalue weighted by molar-refractivity contribution is 7.15. The number of carbonyl (C=O) groups excluding carboxylic acids is 6. The quantitative estimate of drug-likeness (QED) is 0.0733. The van der Waals surface area contributed by atoms with Crippen LogP contribution in [0.1, 0.15) is 122 Å². The van der Waals surface area contributed by atoms with Gasteiger partial charge in [0, 0.05) is 134 Å². The van der Waals surface area contributed by atoms with Gasteiger partial charge in [-0.2, -0.15) is 0 Å². The van der Waals surface area contributed by atoms with Crippen molar-refractivity contribution >= 4 is 103 Å². The molecule has 4 aliphatic heterocycles. The summed E-state index contributed by atoms with van der Waals surface area (Å²) in [7, 11) is 0. The number of benzene rings is 2. The van der Waals surface area contributed by atoms with Crippen LogP contribution in [0.25, 0.3) is 43.4 Å². The molecule has 3 saturated heterocycles. The lowest BCUT2D eigenvalue weighted by molar-refractivity contribution is -0.134. The Morgan fingerprint density at radius 1 is 0.649 bits per heavy atom. The predicted octanol–water partition coefficient (Wildman–Crippen LogP) is 7.44. The average Bonchev–Trinajstić information content (AvgIpc) is 1.62. The molecule has 4 aliphatic rings. The van der Waals surface area contributed by atoms with Crippen LogP contribution in [0.4, 0.5) is 0 Å². The summed E-state index contributed by atoms with van der Waals surface area (Å²) in [4.78, 5) is 129. The number of thiazole rings is 6. The maximum atomic E-state index is 15.3. The Morgan fingerprint density at radius 3 is 2.04 bits per heavy atom. The molecular weight excluding hydrogens is 1310 g/mol. The Labute approximate surface area is 565 Å². The Kier molecular flexibility index (Phi) is 19.5. The zero-order valence-electron chi connectivity index (χ0n) is 51.5. The minimum atomic E-state index is -1.27. The molecule has 7 N–H and O–H groups in total. The number of aromatic nitrogens is 7. The summed E-state index contributed by atoms with van der Waals surface area (Å²) in [6, 6.07) is 17.2. The molecule has 94 heavy (non-hydrogen) atoms. The van der Waals surface area contributed by atoms with Gasteiger partial charge in [-0.3, -0.25) is 38.6 Å². The molecule has 10 bridgehead atoms. The molecule has 7 atom stereocenters. The standard InChI is InChI=1S/C65H67N15O8S6/c1-34-9-11-37(12-10-34)25-43-65(88)80-28-50(82)35(2)54(80)63-74-47(32-93-63)61-71-44(29-91-61)53-39(13-14-41(68-53)60-75-48(33-92-60)64(87)79-23-21-78(22-24-79)20-19-77-17-15-67-16-18-77)58-72-45(30-89-58)56(85)69-42(27-51(66)83)62-76-52(36(3)94-62)49(81)26-40(55(84)38-7-5-4-6-8-38)59-73-46(31-90-59)57(86)70-43/h4-14,29-33,35,40,42-43,50,54-55,67,82,84H,15-28H2,1-3H3,(H2,66,83)(H,69,85)(H,70,86)/t35-,40-,42-,43-,50-,54-,55+/m0/s1. The first-order valence-corrected chi connectivity index (χ1v) is 36.1. The number of fused-ring (bicyclic) bond motifs is 16. The van der Waals surface area contributed by atoms with Crippen molar-refractivity contribution in [2.24, 2.45) is 11.7 Å². The highest BCUT2D eigenvalue weighted by Crippen LogP contribution is 2.43. The van der Waals surface area contributed by atoms with E-state index in [1.54, 1.807) is 59.0 Å². The smallest absolute Gasteiger partial charge is 0.273 e. The summed E-state index contributed by atoms with van der Waals surface area (Å²) >= 11 is 7.34. The number of pyridine rings is 1. The molecule has 0 spiro atoms. The number of nitrogens with zero attached hydrogens (tertiary/aromatic N) is 11. The van der Waals surface area contributed by atoms with E-state index in [1.807, 2.05) is 59.8 Å². The molecule has 13 rings (SSSR count). The summed E-state index contributed by atoms with van der Waals surface area (Å²) < 4.78 is 0. The van der Waals surface area contributed by atoms with E-state index >= 15 is 4.79 Å². The zero-order chi connectivity index (χ0) is 65.3. The van der Waals surface area contributed by atoms with Crippen LogP contribution < -0.4 is 21.7 Å². The molecule has 9 aromatic rings. The van der Waals surface area contributed by atoms with Gasteiger partial charge >= 0.3 is 0 Å². The second-order valence-electron chi connectivity index (χ2n) is 23.9. The third-order valence-corrected chi connectivity index (χ3v) is 23.1. The maximum Gasteiger partial charge on any atom is 0.273 e. The van der Waals surface area contributed by atoms with Crippen molar-refractivity contribution in [3.8, 4) is 43.4 Å². The van der Waals surface area contributed by atoms with Crippen molar-refractivity contribution < 1.29 is 39.0 Å². The lowest BCUT2D eigenvalue weighted by atomic mass is 9.90. The first-order chi connectivity index (χ1) is 45.5. The Morgan fingerprint density at radius 2 is 1.29 bits per heavy atom. The third kappa shape index (κ3) is 14.1. The van der Waals surface area contributed by atoms with E-state index in [1.165, 1.54) is 50.7 Å². The highest BCUT2D eigenvalue weighted by Gasteiger charge is 2.46. The van der Waals surface area contributed by atoms with E-state index in [-0.39, 0.29) is 58.8 Å². The van der Waals surface area contributed by atoms with Gasteiger partial charge < -0.3 is 41.7 Å². The first kappa shape index (κ1) is 64.9. The van der Waals surface area contributed by atoms with E-state index < -0.39 is 71.6 Å². The number of hydrogen-bond donors (Lipinski definition) is 6. The summed E-state index contributed by atoms with van der Waals surface area (Å²) in [6.45, 7) is 14.3. The summed E-state index contributed by atoms with van der Waals surface area (Å²) in [5.74, 6) is -4.57. The van der Waals surface area contributed by atoms with Crippen LogP contribution in [0.15, 0.2) is 93.6 Å². The zero-order valence-corrected chi connectivity index (χ0v) is 56.4. The Bertz CT molecular complexity index is 4270. The fraction of sp³-hybridized carbons (Fsp3) is 0.369. The second kappa shape index (κ2) is 28.3. The highest BCUT2D eigenvalue weighted by atomic mass is 32.1. The van der Waals surface area contributed by atoms with Gasteiger partial charge in [0.15, 0.2) is 5.78 Å². The molecule has 11 heterocycles. The number of ketones is 1. The first-order valence-electron chi connectivity index (χ1n) is 30.9. The van der Waals surface area contributed by atoms with Crippen molar-refractivity contribution in [1.82, 2.24) is 70.4 Å². The molecule has 29 heteroatoms. The maximum absolute atomic E-state index is 15.3. The van der Waals surface area contributed by atoms with Crippen molar-refractivity contribution in [2.45, 2.75) is 76.3 Å². The molecule has 7 aromatic heterocycles. The molecular formula is C65H67N15O8S6. The summed E-state index contributed by atoms with van der Waals surface area (Å²) in [5, 5.41) is 44.1. The number of amides is 5. The number of primary amides is 1. The number of hydrogen-bond acceptors (Lipinski definition) is 24. The number of Topliss-reactive ketones (excluding diaryl/α,β-unsaturated/α-hetero) is 1. The van der Waals surface area contributed by atoms with Gasteiger partial charge in [-0.15, -0.1) is 68.0 Å². The Hall–Kier alpha value is -7.81. The largest absolute Gasteiger partial charge is 0.391 e. The van der Waals surface area contributed by atoms with Gasteiger partial charge in [0.25, 0.3) is 17.7 Å². The molecule has 3 fully saturated rings. The topological polar surface area (TPSA) is 308 Å². The molecule has 0 saturated carbocycles. The van der Waals surface area contributed by atoms with E-state index in [4.69, 9.17) is 40.6 Å². The van der Waals surface area contributed by atoms with Crippen molar-refractivity contribution in [1.29, 1.82) is 0 Å². The van der Waals surface area contributed by atoms with Crippen LogP contribution >= 0.6 is 68.0 Å². The van der Waals surface area contributed by atoms with Gasteiger partial charge in [0.2, 0.25) is 11.8 Å². The van der Waals surface area contributed by atoms with Crippen LogP contribution in [0.5, 0.6) is 0 Å². The minimum Gasteiger partial charge on any atom is -0.391 e. The van der Waals surface area contributed by atoms with Gasteiger partial charge in [0.05, 0.1) is 41.4 Å². The molecule has 0 unspecified atom stereocenters. The molecule has 5 amide bonds. The molecule has 23 nitrogen and oxygen atoms in total. The van der Waals surface area contributed by atoms with Gasteiger partial charge in [-0.05, 0) is 37.1 Å². The number of aliphatic hydroxyl groups excluding tert-OH is 2. The number of piperazine rings is 2. The monoisotopic (exact) mass is 1380 g/mol. The molecule has 486 valence electrons. The number of nitrogens with one attached hydrogen (secondary N) is 3. The normalized spacial score (nSPS) is 21.4. The minimum absolute atomic E-state index is 0.0185. The lowest BCUT2D eigenvalue weighted by Gasteiger charge is -2.36. The molecule has 0 aliphatic carbocycles. The third-order valence-electron chi connectivity index (χ3n) is 17.5. The predicted molar refractivity (Wildman–Crippen MR) is 362 cm³/mol. The fourth-order valence-corrected chi connectivity index (χ4v) is 17.6. The van der Waals surface area contributed by atoms with Crippen molar-refractivity contribution in [2.75, 3.05) is 72.0 Å². The van der Waals surface area contributed by atoms with Crippen LogP contribution in [-0.4, -0.2) is 184 Å². The van der Waals surface area contributed by atoms with Crippen LogP contribution in [-0.2, 0) is 16.0 Å². The van der Waals surface area contributed by atoms with Crippen molar-refractivity contribution in [3.05, 3.63) is 153 Å². The fourth-order valence-electron chi connectivity index (χ4n) is 12.2. The van der Waals surface area contributed by atoms with E-state index in [0.717, 1.165) is 86.2 Å². The number of aryl methyl sites for hydroxylation is 2. The molecule has 0 radical (unpaired) electrons. The van der Waals surface area contributed by atoms with Crippen molar-refractivity contribution in [3.63, 3.8) is 0 Å². The van der Waals surface area contributed by atoms with E-state index in [2.05, 4.69) is 25.8 Å². The molecule has 2 aromatic carbocycles. The number of carbonyl (C=O) groups is 6. The van der Waals surface area contributed by atoms with Gasteiger partial charge in [-0.1, -0.05) is 67.1 Å². The van der Waals surface area contributed by atoms with Crippen LogP contribution in [0.3, 0.4) is 0 Å². The van der Waals surface area contributed by atoms with Gasteiger partial charge in [-0.25, -0.2) is 34.9 Å². The second-order valence-corrected chi connectivity index (χ2v) is 29.5. The summed E-state index contributed by atoms with van der Waals surface area (Å²) in [5.41, 5.74) is 10.8. The van der Waals surface area contributed by atoms with E-state index in [0.29, 0.717) is 77.6 Å². The van der Waals surface area contributed by atoms with Gasteiger partial charge in [0.1, 0.15) is 70.9 Å². The number of aliphatic hydroxyl groups is 2. The SMILES string of the molecule is Cc1ccc(C[C@@H]2NC(=O)c3csc(n3)[C@H]([C@H](O)c3ccccc3)CC(=O)c3nc(sc3C)[C@H](CC(N)=O)NC(=O)c3csc(n3)-c3ccc(-c4nc(C(=O)N5CCN(CCN6CCNCC6)CC5)cs4)nc3-c3csc(n3)-c3csc(n3)[C@@H]3[C@@H](C)[C@@H](O)CN3C2=O)cc1. The van der Waals surface area contributed by atoms with Crippen LogP contribution in [0.2, 0.25) is 0 Å². The van der Waals surface area contributed by atoms with E-state index in [9.17, 15) is 34.2 Å². The van der Waals surface area contributed by atoms with Crippen LogP contribution in [0, 0.1) is 19.8 Å².